The van der Waals surface area contributed by atoms with Gasteiger partial charge in [0.05, 0.1) is 11.3 Å². The highest BCUT2D eigenvalue weighted by molar-refractivity contribution is 5.96. The van der Waals surface area contributed by atoms with Crippen LogP contribution in [0.2, 0.25) is 0 Å². The van der Waals surface area contributed by atoms with Gasteiger partial charge in [-0.2, -0.15) is 0 Å². The molecule has 3 N–H and O–H groups in total. The van der Waals surface area contributed by atoms with Gasteiger partial charge < -0.3 is 20.4 Å². The third-order valence-electron chi connectivity index (χ3n) is 10.2. The van der Waals surface area contributed by atoms with E-state index in [-0.39, 0.29) is 23.4 Å². The quantitative estimate of drug-likeness (QED) is 0.498. The molecule has 4 aliphatic rings. The van der Waals surface area contributed by atoms with Gasteiger partial charge in [0.2, 0.25) is 0 Å². The molecule has 0 saturated heterocycles. The van der Waals surface area contributed by atoms with Crippen molar-refractivity contribution in [1.29, 1.82) is 0 Å². The number of oxime groups is 1. The summed E-state index contributed by atoms with van der Waals surface area (Å²) in [6, 6.07) is -0.933. The number of rotatable bonds is 6. The second kappa shape index (κ2) is 8.96. The summed E-state index contributed by atoms with van der Waals surface area (Å²) >= 11 is 0. The molecular weight excluding hydrogens is 432 g/mol. The SMILES string of the molecule is CC(C)C(NC(=O)CON=C1C=C2CC[C@@H]3[C@H](CC[C@@]4(C)[C@H]3CC[C@]4(C)O)[C@@]2(C)CC1)C(=O)O. The molecule has 4 aliphatic carbocycles. The van der Waals surface area contributed by atoms with Crippen LogP contribution < -0.4 is 5.32 Å². The fourth-order valence-electron chi connectivity index (χ4n) is 7.79. The second-order valence-electron chi connectivity index (χ2n) is 12.3. The molecule has 1 amide bonds. The fourth-order valence-corrected chi connectivity index (χ4v) is 7.79. The van der Waals surface area contributed by atoms with Crippen molar-refractivity contribution in [3.63, 3.8) is 0 Å². The Balaban J connectivity index is 1.40. The summed E-state index contributed by atoms with van der Waals surface area (Å²) in [7, 11) is 0. The summed E-state index contributed by atoms with van der Waals surface area (Å²) in [6.07, 6.45) is 10.6. The van der Waals surface area contributed by atoms with Crippen LogP contribution in [0.15, 0.2) is 16.8 Å². The van der Waals surface area contributed by atoms with Crippen LogP contribution in [0.1, 0.15) is 86.0 Å². The second-order valence-corrected chi connectivity index (χ2v) is 12.3. The Bertz CT molecular complexity index is 893. The number of fused-ring (bicyclic) bond motifs is 5. The van der Waals surface area contributed by atoms with E-state index < -0.39 is 23.5 Å². The van der Waals surface area contributed by atoms with Gasteiger partial charge in [-0.25, -0.2) is 4.79 Å². The van der Waals surface area contributed by atoms with Gasteiger partial charge in [-0.05, 0) is 98.9 Å². The van der Waals surface area contributed by atoms with Crippen LogP contribution in [0.3, 0.4) is 0 Å². The summed E-state index contributed by atoms with van der Waals surface area (Å²) in [4.78, 5) is 28.7. The Morgan fingerprint density at radius 2 is 1.82 bits per heavy atom. The Labute approximate surface area is 203 Å². The molecule has 190 valence electrons. The third kappa shape index (κ3) is 4.18. The molecule has 0 bridgehead atoms. The first-order chi connectivity index (χ1) is 15.9. The molecule has 34 heavy (non-hydrogen) atoms. The molecule has 7 nitrogen and oxygen atoms in total. The van der Waals surface area contributed by atoms with Crippen LogP contribution in [0, 0.1) is 34.5 Å². The zero-order valence-electron chi connectivity index (χ0n) is 21.4. The molecule has 0 heterocycles. The average molecular weight is 475 g/mol. The van der Waals surface area contributed by atoms with Crippen LogP contribution in [-0.2, 0) is 14.4 Å². The number of nitrogens with one attached hydrogen (secondary N) is 1. The number of carboxylic acids is 1. The zero-order chi connectivity index (χ0) is 24.9. The first-order valence-electron chi connectivity index (χ1n) is 13.0. The van der Waals surface area contributed by atoms with E-state index in [2.05, 4.69) is 37.3 Å². The van der Waals surface area contributed by atoms with Gasteiger partial charge in [-0.1, -0.05) is 38.4 Å². The molecule has 0 aromatic carbocycles. The van der Waals surface area contributed by atoms with E-state index in [0.29, 0.717) is 17.8 Å². The Hall–Kier alpha value is -1.89. The van der Waals surface area contributed by atoms with Gasteiger partial charge in [-0.15, -0.1) is 0 Å². The van der Waals surface area contributed by atoms with Gasteiger partial charge in [0.25, 0.3) is 5.91 Å². The highest BCUT2D eigenvalue weighted by Gasteiger charge is 2.62. The van der Waals surface area contributed by atoms with Crippen molar-refractivity contribution in [1.82, 2.24) is 5.32 Å². The summed E-state index contributed by atoms with van der Waals surface area (Å²) in [6.45, 7) is 10.0. The Morgan fingerprint density at radius 1 is 1.12 bits per heavy atom. The van der Waals surface area contributed by atoms with Gasteiger partial charge in [0, 0.05) is 0 Å². The zero-order valence-corrected chi connectivity index (χ0v) is 21.4. The number of nitrogens with zero attached hydrogens (tertiary/aromatic N) is 1. The molecule has 7 heteroatoms. The van der Waals surface area contributed by atoms with Gasteiger partial charge in [0.1, 0.15) is 6.04 Å². The number of aliphatic carboxylic acids is 1. The molecule has 3 fully saturated rings. The van der Waals surface area contributed by atoms with Crippen molar-refractivity contribution in [2.45, 2.75) is 97.6 Å². The van der Waals surface area contributed by atoms with Crippen molar-refractivity contribution in [3.8, 4) is 0 Å². The van der Waals surface area contributed by atoms with Crippen LogP contribution >= 0.6 is 0 Å². The smallest absolute Gasteiger partial charge is 0.326 e. The molecular formula is C27H42N2O5. The van der Waals surface area contributed by atoms with E-state index in [0.717, 1.165) is 44.2 Å². The number of hydrogen-bond donors (Lipinski definition) is 3. The van der Waals surface area contributed by atoms with E-state index in [9.17, 15) is 19.8 Å². The lowest BCUT2D eigenvalue weighted by Gasteiger charge is -2.59. The van der Waals surface area contributed by atoms with Crippen LogP contribution in [-0.4, -0.2) is 46.1 Å². The minimum atomic E-state index is -1.05. The third-order valence-corrected chi connectivity index (χ3v) is 10.2. The predicted molar refractivity (Wildman–Crippen MR) is 130 cm³/mol. The van der Waals surface area contributed by atoms with Gasteiger partial charge in [-0.3, -0.25) is 4.79 Å². The van der Waals surface area contributed by atoms with E-state index in [1.165, 1.54) is 18.4 Å². The molecule has 0 aliphatic heterocycles. The number of carboxylic acid groups (broad SMARTS) is 1. The number of allylic oxidation sites excluding steroid dienone is 2. The van der Waals surface area contributed by atoms with E-state index >= 15 is 0 Å². The summed E-state index contributed by atoms with van der Waals surface area (Å²) < 4.78 is 0. The number of hydrogen-bond acceptors (Lipinski definition) is 5. The predicted octanol–water partition coefficient (Wildman–Crippen LogP) is 4.30. The molecule has 0 aromatic heterocycles. The summed E-state index contributed by atoms with van der Waals surface area (Å²) in [5, 5.41) is 27.0. The molecule has 0 radical (unpaired) electrons. The number of carbonyl (C=O) groups excluding carboxylic acids is 1. The number of carbonyl (C=O) groups is 2. The van der Waals surface area contributed by atoms with Crippen molar-refractivity contribution in [2.24, 2.45) is 39.7 Å². The lowest BCUT2D eigenvalue weighted by atomic mass is 9.46. The topological polar surface area (TPSA) is 108 Å². The minimum absolute atomic E-state index is 0.0384. The molecule has 1 unspecified atom stereocenters. The molecule has 3 saturated carbocycles. The van der Waals surface area contributed by atoms with Crippen molar-refractivity contribution >= 4 is 17.6 Å². The summed E-state index contributed by atoms with van der Waals surface area (Å²) in [5.41, 5.74) is 1.97. The van der Waals surface area contributed by atoms with E-state index in [4.69, 9.17) is 4.84 Å². The largest absolute Gasteiger partial charge is 0.480 e. The molecule has 7 atom stereocenters. The van der Waals surface area contributed by atoms with Gasteiger partial charge >= 0.3 is 5.97 Å². The Kier molecular flexibility index (Phi) is 6.64. The van der Waals surface area contributed by atoms with E-state index in [1.54, 1.807) is 13.8 Å². The highest BCUT2D eigenvalue weighted by Crippen LogP contribution is 2.67. The average Bonchev–Trinajstić information content (AvgIpc) is 3.00. The molecule has 0 spiro atoms. The van der Waals surface area contributed by atoms with Crippen LogP contribution in [0.25, 0.3) is 0 Å². The van der Waals surface area contributed by atoms with Gasteiger partial charge in [0.15, 0.2) is 6.61 Å². The van der Waals surface area contributed by atoms with Crippen LogP contribution in [0.4, 0.5) is 0 Å². The number of aliphatic hydroxyl groups is 1. The standard InChI is InChI=1S/C27H42N2O5/c1-16(2)23(24(31)32)28-22(30)15-34-29-18-8-11-25(3)17(14-18)6-7-19-20(25)9-12-26(4)21(19)10-13-27(26,5)33/h14,16,19-21,23,33H,6-13,15H2,1-5H3,(H,28,30)(H,31,32)/t19-,20+,21+,23?,25+,26+,27+/m1/s1. The lowest BCUT2D eigenvalue weighted by molar-refractivity contribution is -0.143. The first kappa shape index (κ1) is 25.2. The normalized spacial score (nSPS) is 41.2. The fraction of sp³-hybridized carbons (Fsp3) is 0.815. The lowest BCUT2D eigenvalue weighted by Crippen LogP contribution is -2.53. The van der Waals surface area contributed by atoms with E-state index in [1.807, 2.05) is 0 Å². The van der Waals surface area contributed by atoms with Crippen molar-refractivity contribution in [2.75, 3.05) is 6.61 Å². The maximum absolute atomic E-state index is 12.1. The first-order valence-corrected chi connectivity index (χ1v) is 13.0. The maximum atomic E-state index is 12.1. The summed E-state index contributed by atoms with van der Waals surface area (Å²) in [5.74, 6) is 0.199. The maximum Gasteiger partial charge on any atom is 0.326 e. The molecule has 0 aromatic rings. The molecule has 4 rings (SSSR count). The minimum Gasteiger partial charge on any atom is -0.480 e. The van der Waals surface area contributed by atoms with Crippen molar-refractivity contribution < 1.29 is 24.6 Å². The Morgan fingerprint density at radius 3 is 2.50 bits per heavy atom. The van der Waals surface area contributed by atoms with Crippen LogP contribution in [0.5, 0.6) is 0 Å². The monoisotopic (exact) mass is 474 g/mol. The number of amides is 1. The van der Waals surface area contributed by atoms with Crippen molar-refractivity contribution in [3.05, 3.63) is 11.6 Å². The highest BCUT2D eigenvalue weighted by atomic mass is 16.6.